The third-order valence-electron chi connectivity index (χ3n) is 12.7. The van der Waals surface area contributed by atoms with Crippen LogP contribution in [0.1, 0.15) is 148 Å². The van der Waals surface area contributed by atoms with Gasteiger partial charge in [0, 0.05) is 40.9 Å². The molecule has 0 aliphatic heterocycles. The zero-order valence-electron chi connectivity index (χ0n) is 36.8. The molecule has 0 spiro atoms. The van der Waals surface area contributed by atoms with Crippen LogP contribution in [0.5, 0.6) is 23.0 Å². The van der Waals surface area contributed by atoms with Crippen LogP contribution in [-0.4, -0.2) is 0 Å². The summed E-state index contributed by atoms with van der Waals surface area (Å²) in [6.07, 6.45) is 3.84. The third-order valence-corrected chi connectivity index (χ3v) is 13.9. The fourth-order valence-electron chi connectivity index (χ4n) is 7.09. The molecule has 0 aliphatic rings. The van der Waals surface area contributed by atoms with E-state index in [0.29, 0.717) is 6.54 Å². The van der Waals surface area contributed by atoms with Crippen LogP contribution in [-0.2, 0) is 28.2 Å². The van der Waals surface area contributed by atoms with Crippen molar-refractivity contribution in [1.82, 2.24) is 0 Å². The number of rotatable bonds is 19. The van der Waals surface area contributed by atoms with E-state index in [2.05, 4.69) is 116 Å². The Labute approximate surface area is 343 Å². The third kappa shape index (κ3) is 9.93. The Balaban J connectivity index is 2.13. The van der Waals surface area contributed by atoms with E-state index in [1.807, 2.05) is 53.8 Å². The molecule has 4 aromatic carbocycles. The van der Waals surface area contributed by atoms with E-state index >= 15 is 0 Å². The molecule has 0 saturated carbocycles. The van der Waals surface area contributed by atoms with Crippen molar-refractivity contribution in [3.8, 4) is 34.1 Å². The highest BCUT2D eigenvalue weighted by Crippen LogP contribution is 2.55. The lowest BCUT2D eigenvalue weighted by Gasteiger charge is -2.37. The van der Waals surface area contributed by atoms with Crippen molar-refractivity contribution in [3.05, 3.63) is 107 Å². The molecule has 2 unspecified atom stereocenters. The molecule has 0 bridgehead atoms. The van der Waals surface area contributed by atoms with Crippen LogP contribution in [0.2, 0.25) is 0 Å². The molecule has 4 N–H and O–H groups in total. The summed E-state index contributed by atoms with van der Waals surface area (Å²) in [6, 6.07) is 20.7. The SMILES string of the molecule is [CH2-][NH2+]c1ccc(OPOc2c(C(C)(C)CC)cc(C(C)(C)CC)c(C)c2-c2c(C)c(C(C)(C)CC)cc(C(C)(C)CC)c2OPOc2ccc(CN)cc2)cc1. The van der Waals surface area contributed by atoms with Gasteiger partial charge >= 0.3 is 0 Å². The molecule has 0 radical (unpaired) electrons. The van der Waals surface area contributed by atoms with E-state index < -0.39 is 0 Å². The second kappa shape index (κ2) is 18.6. The predicted octanol–water partition coefficient (Wildman–Crippen LogP) is 13.1. The van der Waals surface area contributed by atoms with Crippen LogP contribution in [0.3, 0.4) is 0 Å². The molecule has 2 atom stereocenters. The summed E-state index contributed by atoms with van der Waals surface area (Å²) in [5, 5.41) is 1.84. The van der Waals surface area contributed by atoms with Crippen molar-refractivity contribution in [2.45, 2.75) is 151 Å². The quantitative estimate of drug-likeness (QED) is 0.0561. The number of hydrogen-bond donors (Lipinski definition) is 2. The van der Waals surface area contributed by atoms with E-state index in [1.54, 1.807) is 0 Å². The lowest BCUT2D eigenvalue weighted by molar-refractivity contribution is -0.504. The topological polar surface area (TPSA) is 79.5 Å². The average Bonchev–Trinajstić information content (AvgIpc) is 3.18. The summed E-state index contributed by atoms with van der Waals surface area (Å²) in [6.45, 7) is 32.9. The highest BCUT2D eigenvalue weighted by atomic mass is 31.1. The molecular weight excluding hydrogens is 730 g/mol. The van der Waals surface area contributed by atoms with E-state index in [4.69, 9.17) is 23.8 Å². The van der Waals surface area contributed by atoms with E-state index in [1.165, 1.54) is 33.4 Å². The van der Waals surface area contributed by atoms with Gasteiger partial charge in [-0.1, -0.05) is 107 Å². The highest BCUT2D eigenvalue weighted by Gasteiger charge is 2.37. The van der Waals surface area contributed by atoms with Gasteiger partial charge < -0.3 is 29.1 Å². The average molecular weight is 801 g/mol. The number of hydrogen-bond acceptors (Lipinski definition) is 5. The Morgan fingerprint density at radius 1 is 0.536 bits per heavy atom. The Hall–Kier alpha value is -3.14. The van der Waals surface area contributed by atoms with Gasteiger partial charge in [-0.2, -0.15) is 0 Å². The summed E-state index contributed by atoms with van der Waals surface area (Å²) in [5.41, 5.74) is 16.9. The Morgan fingerprint density at radius 2 is 0.875 bits per heavy atom. The molecule has 0 fully saturated rings. The van der Waals surface area contributed by atoms with Crippen LogP contribution in [0.15, 0.2) is 60.7 Å². The van der Waals surface area contributed by atoms with Crippen molar-refractivity contribution in [3.63, 3.8) is 0 Å². The van der Waals surface area contributed by atoms with Gasteiger partial charge in [0.2, 0.25) is 0 Å². The lowest BCUT2D eigenvalue weighted by Crippen LogP contribution is -2.69. The van der Waals surface area contributed by atoms with Crippen LogP contribution in [0.25, 0.3) is 11.1 Å². The zero-order chi connectivity index (χ0) is 41.6. The first-order valence-corrected chi connectivity index (χ1v) is 22.0. The first-order valence-electron chi connectivity index (χ1n) is 20.4. The molecule has 0 aromatic heterocycles. The van der Waals surface area contributed by atoms with Gasteiger partial charge in [0.05, 0.1) is 0 Å². The Morgan fingerprint density at radius 3 is 1.20 bits per heavy atom. The Bertz CT molecular complexity index is 1790. The summed E-state index contributed by atoms with van der Waals surface area (Å²) >= 11 is 0. The van der Waals surface area contributed by atoms with Crippen LogP contribution in [0.4, 0.5) is 5.69 Å². The van der Waals surface area contributed by atoms with Gasteiger partial charge in [0.25, 0.3) is 18.1 Å². The van der Waals surface area contributed by atoms with Crippen molar-refractivity contribution < 1.29 is 23.4 Å². The van der Waals surface area contributed by atoms with E-state index in [9.17, 15) is 0 Å². The van der Waals surface area contributed by atoms with Gasteiger partial charge in [-0.15, -0.1) is 7.05 Å². The molecule has 4 aromatic rings. The fourth-order valence-corrected chi connectivity index (χ4v) is 8.23. The van der Waals surface area contributed by atoms with Gasteiger partial charge in [-0.25, -0.2) is 0 Å². The second-order valence-corrected chi connectivity index (χ2v) is 18.9. The summed E-state index contributed by atoms with van der Waals surface area (Å²) in [4.78, 5) is 0. The minimum absolute atomic E-state index is 0.0943. The smallest absolute Gasteiger partial charge is 0.275 e. The molecule has 0 aliphatic carbocycles. The number of nitrogens with two attached hydrogens (primary N) is 2. The first-order chi connectivity index (χ1) is 26.3. The minimum atomic E-state index is -0.272. The lowest BCUT2D eigenvalue weighted by atomic mass is 9.69. The molecule has 6 nitrogen and oxygen atoms in total. The van der Waals surface area contributed by atoms with Crippen molar-refractivity contribution >= 4 is 23.8 Å². The normalized spacial score (nSPS) is 12.9. The van der Waals surface area contributed by atoms with Gasteiger partial charge in [0.15, 0.2) is 0 Å². The molecular formula is C48H70N2O4P2. The van der Waals surface area contributed by atoms with Crippen LogP contribution < -0.4 is 29.1 Å². The molecule has 56 heavy (non-hydrogen) atoms. The summed E-state index contributed by atoms with van der Waals surface area (Å²) in [5.74, 6) is 3.21. The van der Waals surface area contributed by atoms with E-state index in [0.717, 1.165) is 71.1 Å². The molecule has 0 heterocycles. The fraction of sp³-hybridized carbons (Fsp3) is 0.479. The summed E-state index contributed by atoms with van der Waals surface area (Å²) < 4.78 is 26.8. The van der Waals surface area contributed by atoms with Crippen molar-refractivity contribution in [2.75, 3.05) is 0 Å². The molecule has 0 saturated heterocycles. The van der Waals surface area contributed by atoms with Gasteiger partial charge in [0.1, 0.15) is 28.7 Å². The second-order valence-electron chi connectivity index (χ2n) is 17.7. The monoisotopic (exact) mass is 800 g/mol. The number of benzene rings is 4. The van der Waals surface area contributed by atoms with Crippen LogP contribution in [0, 0.1) is 20.9 Å². The molecule has 0 amide bonds. The zero-order valence-corrected chi connectivity index (χ0v) is 38.8. The molecule has 306 valence electrons. The maximum Gasteiger partial charge on any atom is 0.275 e. The van der Waals surface area contributed by atoms with Crippen molar-refractivity contribution in [1.29, 1.82) is 0 Å². The van der Waals surface area contributed by atoms with E-state index in [-0.39, 0.29) is 39.7 Å². The Kier molecular flexibility index (Phi) is 15.2. The summed E-state index contributed by atoms with van der Waals surface area (Å²) in [7, 11) is 3.36. The standard InChI is InChI=1S/C48H70N2O4P2/c1-16-45(7,8)37-28-39(47(11,12)18-3)43(53-55-51-35-24-20-33(30-49)21-25-35)41(31(37)5)42-32(6)38(46(9,10)17-2)29-40(48(13,14)19-4)44(42)54-56-52-36-26-22-34(50-15)23-27-36/h20-29,55-56H,15-19,30,49-50H2,1-14H3. The first kappa shape index (κ1) is 45.6. The predicted molar refractivity (Wildman–Crippen MR) is 241 cm³/mol. The molecule has 8 heteroatoms. The molecule has 4 rings (SSSR count). The number of quaternary nitrogens is 1. The highest BCUT2D eigenvalue weighted by molar-refractivity contribution is 7.27. The minimum Gasteiger partial charge on any atom is -0.446 e. The van der Waals surface area contributed by atoms with Crippen molar-refractivity contribution in [2.24, 2.45) is 5.73 Å². The largest absolute Gasteiger partial charge is 0.446 e. The van der Waals surface area contributed by atoms with Gasteiger partial charge in [-0.05, 0) is 113 Å². The van der Waals surface area contributed by atoms with Gasteiger partial charge in [-0.3, -0.25) is 0 Å². The maximum atomic E-state index is 7.05. The van der Waals surface area contributed by atoms with Crippen LogP contribution >= 0.6 is 18.1 Å². The maximum absolute atomic E-state index is 7.05.